The molecule has 0 aliphatic rings. The molecule has 0 unspecified atom stereocenters. The van der Waals surface area contributed by atoms with Crippen LogP contribution in [0, 0.1) is 0 Å². The summed E-state index contributed by atoms with van der Waals surface area (Å²) in [7, 11) is 0. The van der Waals surface area contributed by atoms with E-state index in [2.05, 4.69) is 20.9 Å². The zero-order valence-corrected chi connectivity index (χ0v) is 11.7. The van der Waals surface area contributed by atoms with Gasteiger partial charge in [-0.25, -0.2) is 0 Å². The van der Waals surface area contributed by atoms with Crippen LogP contribution in [0.2, 0.25) is 0 Å². The van der Waals surface area contributed by atoms with Crippen LogP contribution in [0.25, 0.3) is 0 Å². The van der Waals surface area contributed by atoms with Crippen LogP contribution in [0.3, 0.4) is 0 Å². The lowest BCUT2D eigenvalue weighted by Gasteiger charge is -2.09. The third-order valence-electron chi connectivity index (χ3n) is 2.57. The van der Waals surface area contributed by atoms with E-state index in [0.717, 1.165) is 21.3 Å². The zero-order chi connectivity index (χ0) is 13.0. The topological polar surface area (TPSA) is 48.1 Å². The Bertz CT molecular complexity index is 511. The highest BCUT2D eigenvalue weighted by atomic mass is 79.9. The van der Waals surface area contributed by atoms with Crippen molar-refractivity contribution in [2.45, 2.75) is 19.6 Å². The smallest absolute Gasteiger partial charge is 0.119 e. The number of nitrogens with zero attached hydrogens (tertiary/aromatic N) is 1. The van der Waals surface area contributed by atoms with Crippen LogP contribution in [-0.4, -0.2) is 4.98 Å². The van der Waals surface area contributed by atoms with Crippen molar-refractivity contribution in [3.63, 3.8) is 0 Å². The van der Waals surface area contributed by atoms with Crippen LogP contribution < -0.4 is 10.5 Å². The first kappa shape index (κ1) is 13.1. The maximum atomic E-state index is 5.79. The summed E-state index contributed by atoms with van der Waals surface area (Å²) in [6, 6.07) is 9.88. The molecular formula is C14H15BrN2O. The summed E-state index contributed by atoms with van der Waals surface area (Å²) < 4.78 is 6.63. The van der Waals surface area contributed by atoms with E-state index in [0.29, 0.717) is 6.61 Å². The molecule has 0 aliphatic carbocycles. The summed E-state index contributed by atoms with van der Waals surface area (Å²) in [4.78, 5) is 4.09. The molecule has 1 heterocycles. The molecule has 2 aromatic rings. The predicted octanol–water partition coefficient (Wildman–Crippen LogP) is 3.44. The number of ether oxygens (including phenoxy) is 1. The van der Waals surface area contributed by atoms with Crippen molar-refractivity contribution >= 4 is 15.9 Å². The molecule has 3 nitrogen and oxygen atoms in total. The van der Waals surface area contributed by atoms with Gasteiger partial charge in [-0.15, -0.1) is 0 Å². The Labute approximate surface area is 115 Å². The van der Waals surface area contributed by atoms with Gasteiger partial charge in [0.05, 0.1) is 0 Å². The van der Waals surface area contributed by atoms with Crippen LogP contribution in [-0.2, 0) is 6.61 Å². The van der Waals surface area contributed by atoms with Crippen LogP contribution in [0.4, 0.5) is 0 Å². The number of benzene rings is 1. The minimum Gasteiger partial charge on any atom is -0.489 e. The second kappa shape index (κ2) is 5.98. The Morgan fingerprint density at radius 1 is 1.28 bits per heavy atom. The number of nitrogens with two attached hydrogens (primary N) is 1. The first-order valence-corrected chi connectivity index (χ1v) is 6.52. The average molecular weight is 307 g/mol. The van der Waals surface area contributed by atoms with E-state index < -0.39 is 0 Å². The molecule has 1 aromatic carbocycles. The Morgan fingerprint density at radius 3 is 2.61 bits per heavy atom. The fourth-order valence-corrected chi connectivity index (χ4v) is 1.98. The fourth-order valence-electron chi connectivity index (χ4n) is 1.57. The largest absolute Gasteiger partial charge is 0.489 e. The minimum absolute atomic E-state index is 0.0494. The molecule has 1 atom stereocenters. The lowest BCUT2D eigenvalue weighted by Crippen LogP contribution is -2.04. The normalized spacial score (nSPS) is 12.2. The third-order valence-corrected chi connectivity index (χ3v) is 3.01. The van der Waals surface area contributed by atoms with E-state index in [9.17, 15) is 0 Å². The fraction of sp³-hybridized carbons (Fsp3) is 0.214. The molecule has 94 valence electrons. The Kier molecular flexibility index (Phi) is 4.33. The SMILES string of the molecule is C[C@H](N)c1ccc(OCc2cncc(Br)c2)cc1. The summed E-state index contributed by atoms with van der Waals surface area (Å²) in [5.41, 5.74) is 7.92. The van der Waals surface area contributed by atoms with E-state index in [-0.39, 0.29) is 6.04 Å². The van der Waals surface area contributed by atoms with Crippen molar-refractivity contribution in [1.82, 2.24) is 4.98 Å². The number of rotatable bonds is 4. The van der Waals surface area contributed by atoms with E-state index >= 15 is 0 Å². The highest BCUT2D eigenvalue weighted by Crippen LogP contribution is 2.18. The number of hydrogen-bond acceptors (Lipinski definition) is 3. The maximum absolute atomic E-state index is 5.79. The van der Waals surface area contributed by atoms with Gasteiger partial charge in [0.1, 0.15) is 12.4 Å². The number of hydrogen-bond donors (Lipinski definition) is 1. The van der Waals surface area contributed by atoms with Crippen LogP contribution >= 0.6 is 15.9 Å². The summed E-state index contributed by atoms with van der Waals surface area (Å²) >= 11 is 3.38. The van der Waals surface area contributed by atoms with Crippen molar-refractivity contribution < 1.29 is 4.74 Å². The van der Waals surface area contributed by atoms with Crippen molar-refractivity contribution in [3.8, 4) is 5.75 Å². The van der Waals surface area contributed by atoms with Crippen LogP contribution in [0.1, 0.15) is 24.1 Å². The standard InChI is InChI=1S/C14H15BrN2O/c1-10(16)12-2-4-14(5-3-12)18-9-11-6-13(15)8-17-7-11/h2-8,10H,9,16H2,1H3/t10-/m0/s1. The van der Waals surface area contributed by atoms with Crippen molar-refractivity contribution in [1.29, 1.82) is 0 Å². The average Bonchev–Trinajstić information content (AvgIpc) is 2.37. The van der Waals surface area contributed by atoms with Crippen LogP contribution in [0.15, 0.2) is 47.2 Å². The molecule has 2 rings (SSSR count). The molecule has 0 saturated heterocycles. The highest BCUT2D eigenvalue weighted by molar-refractivity contribution is 9.10. The summed E-state index contributed by atoms with van der Waals surface area (Å²) in [5.74, 6) is 0.833. The zero-order valence-electron chi connectivity index (χ0n) is 10.1. The lowest BCUT2D eigenvalue weighted by atomic mass is 10.1. The van der Waals surface area contributed by atoms with Gasteiger partial charge < -0.3 is 10.5 Å². The van der Waals surface area contributed by atoms with Crippen molar-refractivity contribution in [2.75, 3.05) is 0 Å². The molecule has 2 N–H and O–H groups in total. The predicted molar refractivity (Wildman–Crippen MR) is 75.3 cm³/mol. The number of pyridine rings is 1. The summed E-state index contributed by atoms with van der Waals surface area (Å²) in [6.07, 6.45) is 3.54. The van der Waals surface area contributed by atoms with Gasteiger partial charge in [0.25, 0.3) is 0 Å². The first-order chi connectivity index (χ1) is 8.65. The van der Waals surface area contributed by atoms with Crippen molar-refractivity contribution in [3.05, 3.63) is 58.3 Å². The van der Waals surface area contributed by atoms with Gasteiger partial charge in [0, 0.05) is 28.5 Å². The Morgan fingerprint density at radius 2 is 2.00 bits per heavy atom. The van der Waals surface area contributed by atoms with E-state index in [1.807, 2.05) is 37.3 Å². The molecule has 1 aromatic heterocycles. The lowest BCUT2D eigenvalue weighted by molar-refractivity contribution is 0.305. The number of halogens is 1. The second-order valence-electron chi connectivity index (χ2n) is 4.16. The van der Waals surface area contributed by atoms with E-state index in [1.54, 1.807) is 12.4 Å². The molecule has 4 heteroatoms. The van der Waals surface area contributed by atoms with E-state index in [1.165, 1.54) is 0 Å². The molecular weight excluding hydrogens is 292 g/mol. The van der Waals surface area contributed by atoms with Gasteiger partial charge >= 0.3 is 0 Å². The first-order valence-electron chi connectivity index (χ1n) is 5.73. The molecule has 18 heavy (non-hydrogen) atoms. The maximum Gasteiger partial charge on any atom is 0.119 e. The van der Waals surface area contributed by atoms with Gasteiger partial charge in [-0.1, -0.05) is 12.1 Å². The molecule has 0 amide bonds. The molecule has 0 fully saturated rings. The second-order valence-corrected chi connectivity index (χ2v) is 5.07. The van der Waals surface area contributed by atoms with E-state index in [4.69, 9.17) is 10.5 Å². The molecule has 0 aliphatic heterocycles. The quantitative estimate of drug-likeness (QED) is 0.941. The highest BCUT2D eigenvalue weighted by Gasteiger charge is 2.00. The monoisotopic (exact) mass is 306 g/mol. The van der Waals surface area contributed by atoms with Gasteiger partial charge in [-0.2, -0.15) is 0 Å². The summed E-state index contributed by atoms with van der Waals surface area (Å²) in [6.45, 7) is 2.47. The van der Waals surface area contributed by atoms with Crippen LogP contribution in [0.5, 0.6) is 5.75 Å². The molecule has 0 bridgehead atoms. The molecule has 0 saturated carbocycles. The third kappa shape index (κ3) is 3.55. The molecule has 0 spiro atoms. The van der Waals surface area contributed by atoms with Crippen molar-refractivity contribution in [2.24, 2.45) is 5.73 Å². The minimum atomic E-state index is 0.0494. The van der Waals surface area contributed by atoms with Gasteiger partial charge in [0.15, 0.2) is 0 Å². The Balaban J connectivity index is 1.98. The van der Waals surface area contributed by atoms with Gasteiger partial charge in [0.2, 0.25) is 0 Å². The summed E-state index contributed by atoms with van der Waals surface area (Å²) in [5, 5.41) is 0. The Hall–Kier alpha value is -1.39. The molecule has 0 radical (unpaired) electrons. The van der Waals surface area contributed by atoms with Gasteiger partial charge in [-0.05, 0) is 46.6 Å². The van der Waals surface area contributed by atoms with Gasteiger partial charge in [-0.3, -0.25) is 4.98 Å². The number of aromatic nitrogens is 1.